The summed E-state index contributed by atoms with van der Waals surface area (Å²) in [5.41, 5.74) is 5.36. The SMILES string of the molecule is CC(=O)Cc1cc(-c2cc(C(=O)NCc3ccc(N(C)C)cc3)c(-c3ccccc3Cl)o2)c(C)cn1. The van der Waals surface area contributed by atoms with Gasteiger partial charge in [0.05, 0.1) is 10.6 Å². The second kappa shape index (κ2) is 10.8. The van der Waals surface area contributed by atoms with Crippen molar-refractivity contribution < 1.29 is 14.0 Å². The second-order valence-corrected chi connectivity index (χ2v) is 9.35. The summed E-state index contributed by atoms with van der Waals surface area (Å²) < 4.78 is 6.26. The van der Waals surface area contributed by atoms with Crippen molar-refractivity contribution in [3.05, 3.63) is 94.3 Å². The Morgan fingerprint density at radius 1 is 1.03 bits per heavy atom. The minimum absolute atomic E-state index is 0.0205. The molecule has 6 nitrogen and oxygen atoms in total. The fourth-order valence-electron chi connectivity index (χ4n) is 3.91. The first-order valence-corrected chi connectivity index (χ1v) is 12.0. The highest BCUT2D eigenvalue weighted by Gasteiger charge is 2.23. The molecule has 0 bridgehead atoms. The number of aryl methyl sites for hydroxylation is 1. The first-order valence-electron chi connectivity index (χ1n) is 11.6. The molecule has 36 heavy (non-hydrogen) atoms. The van der Waals surface area contributed by atoms with Crippen molar-refractivity contribution >= 4 is 29.0 Å². The number of pyridine rings is 1. The number of Topliss-reactive ketones (excluding diaryl/α,β-unsaturated/α-hetero) is 1. The molecule has 7 heteroatoms. The van der Waals surface area contributed by atoms with Gasteiger partial charge in [-0.15, -0.1) is 0 Å². The van der Waals surface area contributed by atoms with Crippen LogP contribution >= 0.6 is 11.6 Å². The van der Waals surface area contributed by atoms with Gasteiger partial charge in [0.1, 0.15) is 17.3 Å². The van der Waals surface area contributed by atoms with Crippen molar-refractivity contribution in [3.63, 3.8) is 0 Å². The third kappa shape index (κ3) is 5.66. The Bertz CT molecular complexity index is 1410. The number of ketones is 1. The van der Waals surface area contributed by atoms with E-state index in [0.29, 0.717) is 39.9 Å². The number of halogens is 1. The molecule has 0 atom stereocenters. The molecule has 1 amide bonds. The van der Waals surface area contributed by atoms with Gasteiger partial charge in [0, 0.05) is 55.8 Å². The van der Waals surface area contributed by atoms with E-state index in [1.807, 2.05) is 74.4 Å². The molecule has 1 N–H and O–H groups in total. The van der Waals surface area contributed by atoms with E-state index in [2.05, 4.69) is 10.3 Å². The minimum atomic E-state index is -0.271. The van der Waals surface area contributed by atoms with Gasteiger partial charge in [0.25, 0.3) is 5.91 Å². The molecule has 4 rings (SSSR count). The normalized spacial score (nSPS) is 10.8. The number of nitrogens with zero attached hydrogens (tertiary/aromatic N) is 2. The van der Waals surface area contributed by atoms with Crippen molar-refractivity contribution in [1.82, 2.24) is 10.3 Å². The van der Waals surface area contributed by atoms with Gasteiger partial charge in [0.2, 0.25) is 0 Å². The van der Waals surface area contributed by atoms with Gasteiger partial charge >= 0.3 is 0 Å². The summed E-state index contributed by atoms with van der Waals surface area (Å²) in [5.74, 6) is 0.648. The number of hydrogen-bond acceptors (Lipinski definition) is 5. The molecule has 184 valence electrons. The highest BCUT2D eigenvalue weighted by Crippen LogP contribution is 2.37. The van der Waals surface area contributed by atoms with Crippen LogP contribution in [0.5, 0.6) is 0 Å². The van der Waals surface area contributed by atoms with Crippen molar-refractivity contribution in [2.45, 2.75) is 26.8 Å². The maximum atomic E-state index is 13.4. The molecule has 0 aliphatic rings. The number of aromatic nitrogens is 1. The second-order valence-electron chi connectivity index (χ2n) is 8.95. The number of amides is 1. The largest absolute Gasteiger partial charge is 0.455 e. The van der Waals surface area contributed by atoms with Gasteiger partial charge in [-0.25, -0.2) is 0 Å². The maximum Gasteiger partial charge on any atom is 0.255 e. The molecule has 4 aromatic rings. The van der Waals surface area contributed by atoms with Crippen LogP contribution in [0, 0.1) is 6.92 Å². The summed E-state index contributed by atoms with van der Waals surface area (Å²) in [7, 11) is 3.97. The van der Waals surface area contributed by atoms with E-state index < -0.39 is 0 Å². The molecule has 2 aromatic carbocycles. The standard InChI is InChI=1S/C29H28ClN3O3/c1-18-16-31-21(13-19(2)34)14-24(18)27-15-25(28(36-27)23-7-5-6-8-26(23)30)29(35)32-17-20-9-11-22(12-10-20)33(3)4/h5-12,14-16H,13,17H2,1-4H3,(H,32,35). The Morgan fingerprint density at radius 3 is 2.42 bits per heavy atom. The van der Waals surface area contributed by atoms with Crippen LogP contribution in [0.15, 0.2) is 71.3 Å². The van der Waals surface area contributed by atoms with E-state index in [1.54, 1.807) is 18.3 Å². The van der Waals surface area contributed by atoms with Crippen molar-refractivity contribution in [2.24, 2.45) is 0 Å². The van der Waals surface area contributed by atoms with Crippen LogP contribution < -0.4 is 10.2 Å². The molecular weight excluding hydrogens is 474 g/mol. The summed E-state index contributed by atoms with van der Waals surface area (Å²) in [6.07, 6.45) is 1.94. The van der Waals surface area contributed by atoms with Crippen molar-refractivity contribution in [1.29, 1.82) is 0 Å². The molecule has 0 saturated carbocycles. The van der Waals surface area contributed by atoms with E-state index >= 15 is 0 Å². The zero-order valence-electron chi connectivity index (χ0n) is 20.8. The average molecular weight is 502 g/mol. The quantitative estimate of drug-likeness (QED) is 0.316. The van der Waals surface area contributed by atoms with Crippen LogP contribution in [0.2, 0.25) is 5.02 Å². The van der Waals surface area contributed by atoms with E-state index in [0.717, 1.165) is 22.4 Å². The number of furan rings is 1. The number of hydrogen-bond donors (Lipinski definition) is 1. The zero-order chi connectivity index (χ0) is 25.8. The summed E-state index contributed by atoms with van der Waals surface area (Å²) in [6.45, 7) is 3.81. The van der Waals surface area contributed by atoms with Gasteiger partial charge in [-0.2, -0.15) is 0 Å². The fraction of sp³-hybridized carbons (Fsp3) is 0.207. The topological polar surface area (TPSA) is 75.4 Å². The van der Waals surface area contributed by atoms with Gasteiger partial charge in [-0.05, 0) is 61.4 Å². The van der Waals surface area contributed by atoms with Gasteiger partial charge in [-0.3, -0.25) is 14.6 Å². The predicted octanol–water partition coefficient (Wildman–Crippen LogP) is 6.10. The molecule has 0 aliphatic heterocycles. The Hall–Kier alpha value is -3.90. The van der Waals surface area contributed by atoms with Crippen LogP contribution in [0.3, 0.4) is 0 Å². The lowest BCUT2D eigenvalue weighted by Crippen LogP contribution is -2.23. The van der Waals surface area contributed by atoms with Gasteiger partial charge in [-0.1, -0.05) is 35.9 Å². The summed E-state index contributed by atoms with van der Waals surface area (Å²) in [6, 6.07) is 18.8. The number of carbonyl (C=O) groups is 2. The molecule has 0 aliphatic carbocycles. The molecule has 0 radical (unpaired) electrons. The first kappa shape index (κ1) is 25.2. The highest BCUT2D eigenvalue weighted by atomic mass is 35.5. The van der Waals surface area contributed by atoms with Crippen molar-refractivity contribution in [2.75, 3.05) is 19.0 Å². The lowest BCUT2D eigenvalue weighted by molar-refractivity contribution is -0.116. The highest BCUT2D eigenvalue weighted by molar-refractivity contribution is 6.33. The number of anilines is 1. The lowest BCUT2D eigenvalue weighted by atomic mass is 10.0. The molecule has 0 spiro atoms. The molecule has 0 fully saturated rings. The van der Waals surface area contributed by atoms with Crippen LogP contribution in [0.4, 0.5) is 5.69 Å². The summed E-state index contributed by atoms with van der Waals surface area (Å²) in [4.78, 5) is 31.4. The third-order valence-electron chi connectivity index (χ3n) is 5.86. The van der Waals surface area contributed by atoms with E-state index in [1.165, 1.54) is 6.92 Å². The smallest absolute Gasteiger partial charge is 0.255 e. The lowest BCUT2D eigenvalue weighted by Gasteiger charge is -2.13. The molecule has 0 unspecified atom stereocenters. The summed E-state index contributed by atoms with van der Waals surface area (Å²) >= 11 is 6.47. The number of rotatable bonds is 8. The first-order chi connectivity index (χ1) is 17.2. The Kier molecular flexibility index (Phi) is 7.55. The van der Waals surface area contributed by atoms with Crippen molar-refractivity contribution in [3.8, 4) is 22.6 Å². The van der Waals surface area contributed by atoms with Crippen LogP contribution in [0.1, 0.15) is 34.1 Å². The van der Waals surface area contributed by atoms with Gasteiger partial charge < -0.3 is 14.6 Å². The maximum absolute atomic E-state index is 13.4. The third-order valence-corrected chi connectivity index (χ3v) is 6.19. The van der Waals surface area contributed by atoms with E-state index in [9.17, 15) is 9.59 Å². The molecule has 2 aromatic heterocycles. The summed E-state index contributed by atoms with van der Waals surface area (Å²) in [5, 5.41) is 3.48. The Balaban J connectivity index is 1.69. The van der Waals surface area contributed by atoms with Crippen LogP contribution in [0.25, 0.3) is 22.6 Å². The fourth-order valence-corrected chi connectivity index (χ4v) is 4.13. The zero-order valence-corrected chi connectivity index (χ0v) is 21.5. The molecule has 0 saturated heterocycles. The Morgan fingerprint density at radius 2 is 1.75 bits per heavy atom. The monoisotopic (exact) mass is 501 g/mol. The van der Waals surface area contributed by atoms with Crippen LogP contribution in [-0.4, -0.2) is 30.8 Å². The predicted molar refractivity (Wildman–Crippen MR) is 143 cm³/mol. The minimum Gasteiger partial charge on any atom is -0.455 e. The van der Waals surface area contributed by atoms with E-state index in [4.69, 9.17) is 16.0 Å². The Labute approximate surface area is 215 Å². The molecule has 2 heterocycles. The van der Waals surface area contributed by atoms with Gasteiger partial charge in [0.15, 0.2) is 0 Å². The van der Waals surface area contributed by atoms with E-state index in [-0.39, 0.29) is 18.1 Å². The number of nitrogens with one attached hydrogen (secondary N) is 1. The number of carbonyl (C=O) groups excluding carboxylic acids is 2. The van der Waals surface area contributed by atoms with Crippen LogP contribution in [-0.2, 0) is 17.8 Å². The average Bonchev–Trinajstić information content (AvgIpc) is 3.29. The molecular formula is C29H28ClN3O3. The number of benzene rings is 2.